The first-order valence-electron chi connectivity index (χ1n) is 5.26. The van der Waals surface area contributed by atoms with E-state index in [4.69, 9.17) is 5.11 Å². The second-order valence-corrected chi connectivity index (χ2v) is 4.57. The molecule has 18 heavy (non-hydrogen) atoms. The van der Waals surface area contributed by atoms with Crippen LogP contribution in [0.15, 0.2) is 23.1 Å². The van der Waals surface area contributed by atoms with E-state index in [1.807, 2.05) is 6.26 Å². The minimum absolute atomic E-state index is 0.147. The van der Waals surface area contributed by atoms with Gasteiger partial charge in [-0.1, -0.05) is 0 Å². The van der Waals surface area contributed by atoms with E-state index in [2.05, 4.69) is 10.3 Å². The van der Waals surface area contributed by atoms with Gasteiger partial charge in [0, 0.05) is 17.8 Å². The Morgan fingerprint density at radius 2 is 2.28 bits per heavy atom. The number of aliphatic carboxylic acids is 1. The van der Waals surface area contributed by atoms with E-state index < -0.39 is 23.5 Å². The number of pyridine rings is 1. The molecule has 0 aliphatic carbocycles. The zero-order valence-corrected chi connectivity index (χ0v) is 10.6. The minimum atomic E-state index is -1.08. The third-order valence-corrected chi connectivity index (χ3v) is 2.90. The second kappa shape index (κ2) is 6.85. The van der Waals surface area contributed by atoms with E-state index in [-0.39, 0.29) is 5.56 Å². The Labute approximate surface area is 108 Å². The monoisotopic (exact) mass is 270 g/mol. The summed E-state index contributed by atoms with van der Waals surface area (Å²) in [6.45, 7) is 0. The highest BCUT2D eigenvalue weighted by molar-refractivity contribution is 7.98. The van der Waals surface area contributed by atoms with Gasteiger partial charge in [0.15, 0.2) is 0 Å². The number of thioether (sulfide) groups is 1. The Morgan fingerprint density at radius 1 is 1.56 bits per heavy atom. The average molecular weight is 270 g/mol. The lowest BCUT2D eigenvalue weighted by Crippen LogP contribution is -2.41. The predicted octanol–water partition coefficient (Wildman–Crippen LogP) is 0.311. The zero-order chi connectivity index (χ0) is 13.5. The van der Waals surface area contributed by atoms with Crippen LogP contribution >= 0.6 is 11.8 Å². The van der Waals surface area contributed by atoms with Gasteiger partial charge in [-0.05, 0) is 24.5 Å². The van der Waals surface area contributed by atoms with E-state index >= 15 is 0 Å². The summed E-state index contributed by atoms with van der Waals surface area (Å²) in [6, 6.07) is 1.61. The van der Waals surface area contributed by atoms with E-state index in [9.17, 15) is 14.4 Å². The number of H-pyrrole nitrogens is 1. The molecule has 0 radical (unpaired) electrons. The van der Waals surface area contributed by atoms with Crippen molar-refractivity contribution in [1.29, 1.82) is 0 Å². The zero-order valence-electron chi connectivity index (χ0n) is 9.80. The molecule has 6 nitrogen and oxygen atoms in total. The molecular weight excluding hydrogens is 256 g/mol. The van der Waals surface area contributed by atoms with Crippen molar-refractivity contribution in [2.24, 2.45) is 0 Å². The molecule has 1 heterocycles. The molecule has 0 bridgehead atoms. The SMILES string of the molecule is CSCCC(NC(=O)c1cc[nH]c(=O)c1)C(=O)O. The van der Waals surface area contributed by atoms with Gasteiger partial charge in [0.2, 0.25) is 5.56 Å². The number of carboxylic acids is 1. The number of nitrogens with one attached hydrogen (secondary N) is 2. The van der Waals surface area contributed by atoms with Crippen molar-refractivity contribution in [3.05, 3.63) is 34.2 Å². The third kappa shape index (κ3) is 4.25. The van der Waals surface area contributed by atoms with Crippen molar-refractivity contribution in [3.8, 4) is 0 Å². The molecule has 0 spiro atoms. The van der Waals surface area contributed by atoms with Gasteiger partial charge in [-0.15, -0.1) is 0 Å². The smallest absolute Gasteiger partial charge is 0.326 e. The molecule has 0 saturated heterocycles. The molecule has 7 heteroatoms. The number of aromatic nitrogens is 1. The Balaban J connectivity index is 2.72. The highest BCUT2D eigenvalue weighted by Gasteiger charge is 2.20. The Kier molecular flexibility index (Phi) is 5.44. The van der Waals surface area contributed by atoms with Crippen LogP contribution in [0.1, 0.15) is 16.8 Å². The van der Waals surface area contributed by atoms with Gasteiger partial charge in [-0.2, -0.15) is 11.8 Å². The summed E-state index contributed by atoms with van der Waals surface area (Å²) in [7, 11) is 0. The third-order valence-electron chi connectivity index (χ3n) is 2.25. The maximum atomic E-state index is 11.7. The quantitative estimate of drug-likeness (QED) is 0.691. The van der Waals surface area contributed by atoms with E-state index in [0.717, 1.165) is 6.07 Å². The second-order valence-electron chi connectivity index (χ2n) is 3.59. The van der Waals surface area contributed by atoms with Crippen LogP contribution in [-0.4, -0.2) is 40.0 Å². The summed E-state index contributed by atoms with van der Waals surface area (Å²) < 4.78 is 0. The number of hydrogen-bond acceptors (Lipinski definition) is 4. The van der Waals surface area contributed by atoms with E-state index in [1.54, 1.807) is 0 Å². The van der Waals surface area contributed by atoms with Crippen LogP contribution in [0.2, 0.25) is 0 Å². The van der Waals surface area contributed by atoms with Crippen LogP contribution in [0.4, 0.5) is 0 Å². The van der Waals surface area contributed by atoms with Crippen LogP contribution in [0.25, 0.3) is 0 Å². The molecule has 0 aromatic carbocycles. The van der Waals surface area contributed by atoms with Gasteiger partial charge in [-0.25, -0.2) is 4.79 Å². The molecule has 3 N–H and O–H groups in total. The maximum absolute atomic E-state index is 11.7. The summed E-state index contributed by atoms with van der Waals surface area (Å²) in [6.07, 6.45) is 3.54. The fourth-order valence-electron chi connectivity index (χ4n) is 1.32. The van der Waals surface area contributed by atoms with Crippen LogP contribution in [-0.2, 0) is 4.79 Å². The molecule has 1 amide bonds. The average Bonchev–Trinajstić information content (AvgIpc) is 2.33. The molecule has 0 fully saturated rings. The molecule has 1 rings (SSSR count). The van der Waals surface area contributed by atoms with Crippen molar-refractivity contribution in [2.75, 3.05) is 12.0 Å². The topological polar surface area (TPSA) is 99.3 Å². The van der Waals surface area contributed by atoms with Crippen molar-refractivity contribution < 1.29 is 14.7 Å². The molecule has 1 aromatic heterocycles. The van der Waals surface area contributed by atoms with Crippen LogP contribution in [0, 0.1) is 0 Å². The minimum Gasteiger partial charge on any atom is -0.480 e. The first kappa shape index (κ1) is 14.3. The van der Waals surface area contributed by atoms with Crippen molar-refractivity contribution in [2.45, 2.75) is 12.5 Å². The maximum Gasteiger partial charge on any atom is 0.326 e. The number of carboxylic acid groups (broad SMARTS) is 1. The first-order chi connectivity index (χ1) is 8.54. The van der Waals surface area contributed by atoms with Crippen LogP contribution in [0.3, 0.4) is 0 Å². The summed E-state index contributed by atoms with van der Waals surface area (Å²) in [4.78, 5) is 36.1. The molecule has 1 unspecified atom stereocenters. The summed E-state index contributed by atoms with van der Waals surface area (Å²) in [5, 5.41) is 11.3. The highest BCUT2D eigenvalue weighted by atomic mass is 32.2. The molecule has 1 atom stereocenters. The Bertz CT molecular complexity index is 486. The number of carbonyl (C=O) groups is 2. The first-order valence-corrected chi connectivity index (χ1v) is 6.65. The predicted molar refractivity (Wildman–Crippen MR) is 69.0 cm³/mol. The molecule has 1 aromatic rings. The van der Waals surface area contributed by atoms with Crippen LogP contribution in [0.5, 0.6) is 0 Å². The van der Waals surface area contributed by atoms with Gasteiger partial charge in [0.05, 0.1) is 0 Å². The lowest BCUT2D eigenvalue weighted by atomic mass is 10.2. The van der Waals surface area contributed by atoms with Crippen LogP contribution < -0.4 is 10.9 Å². The van der Waals surface area contributed by atoms with E-state index in [1.165, 1.54) is 24.0 Å². The van der Waals surface area contributed by atoms with Gasteiger partial charge >= 0.3 is 5.97 Å². The van der Waals surface area contributed by atoms with E-state index in [0.29, 0.717) is 12.2 Å². The van der Waals surface area contributed by atoms with Gasteiger partial charge in [-0.3, -0.25) is 9.59 Å². The van der Waals surface area contributed by atoms with Gasteiger partial charge in [0.25, 0.3) is 5.91 Å². The van der Waals surface area contributed by atoms with Gasteiger partial charge in [0.1, 0.15) is 6.04 Å². The fourth-order valence-corrected chi connectivity index (χ4v) is 1.79. The number of hydrogen-bond donors (Lipinski definition) is 3. The largest absolute Gasteiger partial charge is 0.480 e. The summed E-state index contributed by atoms with van der Waals surface area (Å²) >= 11 is 1.50. The highest BCUT2D eigenvalue weighted by Crippen LogP contribution is 2.02. The lowest BCUT2D eigenvalue weighted by molar-refractivity contribution is -0.139. The van der Waals surface area contributed by atoms with Gasteiger partial charge < -0.3 is 15.4 Å². The summed E-state index contributed by atoms with van der Waals surface area (Å²) in [5.74, 6) is -1.01. The molecular formula is C11H14N2O4S. The van der Waals surface area contributed by atoms with Crippen molar-refractivity contribution in [3.63, 3.8) is 0 Å². The molecule has 0 aliphatic heterocycles. The molecule has 98 valence electrons. The standard InChI is InChI=1S/C11H14N2O4S/c1-18-5-3-8(11(16)17)13-10(15)7-2-4-12-9(14)6-7/h2,4,6,8H,3,5H2,1H3,(H,12,14)(H,13,15)(H,16,17). The van der Waals surface area contributed by atoms with Crippen molar-refractivity contribution in [1.82, 2.24) is 10.3 Å². The Hall–Kier alpha value is -1.76. The molecule has 0 aliphatic rings. The Morgan fingerprint density at radius 3 is 2.83 bits per heavy atom. The normalized spacial score (nSPS) is 11.8. The molecule has 0 saturated carbocycles. The van der Waals surface area contributed by atoms with Crippen molar-refractivity contribution >= 4 is 23.6 Å². The number of carbonyl (C=O) groups excluding carboxylic acids is 1. The number of amides is 1. The number of aromatic amines is 1. The number of rotatable bonds is 6. The summed E-state index contributed by atoms with van der Waals surface area (Å²) in [5.41, 5.74) is -0.257. The lowest BCUT2D eigenvalue weighted by Gasteiger charge is -2.13. The fraction of sp³-hybridized carbons (Fsp3) is 0.364.